The molecule has 0 bridgehead atoms. The van der Waals surface area contributed by atoms with Gasteiger partial charge >= 0.3 is 23.9 Å². The van der Waals surface area contributed by atoms with Crippen LogP contribution in [-0.2, 0) is 42.9 Å². The Balaban J connectivity index is 0.00000576. The second kappa shape index (κ2) is 10.2. The number of carbonyl (C=O) groups is 4. The van der Waals surface area contributed by atoms with Crippen LogP contribution < -0.4 is 18.1 Å². The number of carbonyl (C=O) groups excluding carboxylic acids is 4. The summed E-state index contributed by atoms with van der Waals surface area (Å²) in [6.45, 7) is 4.44. The van der Waals surface area contributed by atoms with E-state index in [0.29, 0.717) is 0 Å². The van der Waals surface area contributed by atoms with Gasteiger partial charge in [-0.15, -0.1) is 0 Å². The summed E-state index contributed by atoms with van der Waals surface area (Å²) in [5, 5.41) is 0. The number of hydrogen-bond donors (Lipinski definition) is 1. The van der Waals surface area contributed by atoms with Crippen molar-refractivity contribution in [2.24, 2.45) is 0 Å². The van der Waals surface area contributed by atoms with E-state index in [4.69, 9.17) is 23.7 Å². The van der Waals surface area contributed by atoms with Crippen molar-refractivity contribution in [2.45, 2.75) is 58.3 Å². The van der Waals surface area contributed by atoms with Crippen molar-refractivity contribution < 1.29 is 61.0 Å². The van der Waals surface area contributed by atoms with Crippen LogP contribution in [0.3, 0.4) is 0 Å². The Morgan fingerprint density at radius 3 is 1.76 bits per heavy atom. The Kier molecular flexibility index (Phi) is 9.39. The summed E-state index contributed by atoms with van der Waals surface area (Å²) in [7, 11) is 0. The molecule has 0 amide bonds. The zero-order chi connectivity index (χ0) is 18.4. The first-order valence-electron chi connectivity index (χ1n) is 7.25. The average molecular weight is 384 g/mol. The number of ether oxygens (including phenoxy) is 5. The molecule has 0 radical (unpaired) electrons. The van der Waals surface area contributed by atoms with Crippen LogP contribution in [-0.4, -0.2) is 61.1 Å². The Morgan fingerprint density at radius 1 is 0.840 bits per heavy atom. The summed E-state index contributed by atoms with van der Waals surface area (Å²) < 4.78 is 25.8. The molecule has 25 heavy (non-hydrogen) atoms. The Morgan fingerprint density at radius 2 is 1.32 bits per heavy atom. The van der Waals surface area contributed by atoms with Gasteiger partial charge in [-0.05, 0) is 0 Å². The quantitative estimate of drug-likeness (QED) is 0.366. The summed E-state index contributed by atoms with van der Waals surface area (Å²) in [5.41, 5.74) is 3.78. The number of rotatable bonds is 5. The molecule has 0 saturated carbocycles. The SMILES string of the molecule is CC(=O)OC[C@H]1OC(OC(C)=O)[C@H]([NH3+])[C@@H](OC(C)=O)[C@@H]1OC(C)=O.[Cl-]. The maximum absolute atomic E-state index is 11.4. The molecule has 1 saturated heterocycles. The van der Waals surface area contributed by atoms with Gasteiger partial charge in [0.2, 0.25) is 0 Å². The molecule has 5 atom stereocenters. The minimum absolute atomic E-state index is 0. The van der Waals surface area contributed by atoms with Crippen LogP contribution in [0.25, 0.3) is 0 Å². The first-order chi connectivity index (χ1) is 11.1. The molecule has 0 aliphatic carbocycles. The van der Waals surface area contributed by atoms with Crippen molar-refractivity contribution in [1.29, 1.82) is 0 Å². The maximum atomic E-state index is 11.4. The predicted molar refractivity (Wildman–Crippen MR) is 74.8 cm³/mol. The van der Waals surface area contributed by atoms with E-state index in [-0.39, 0.29) is 19.0 Å². The van der Waals surface area contributed by atoms with E-state index < -0.39 is 54.5 Å². The van der Waals surface area contributed by atoms with Gasteiger partial charge in [0.15, 0.2) is 18.2 Å². The van der Waals surface area contributed by atoms with Gasteiger partial charge in [-0.1, -0.05) is 0 Å². The topological polar surface area (TPSA) is 142 Å². The molecule has 0 aromatic rings. The van der Waals surface area contributed by atoms with Gasteiger partial charge in [0.25, 0.3) is 6.29 Å². The maximum Gasteiger partial charge on any atom is 0.305 e. The molecule has 1 aliphatic heterocycles. The number of hydrogen-bond acceptors (Lipinski definition) is 9. The van der Waals surface area contributed by atoms with Gasteiger partial charge < -0.3 is 41.8 Å². The van der Waals surface area contributed by atoms with Crippen molar-refractivity contribution >= 4 is 23.9 Å². The van der Waals surface area contributed by atoms with E-state index in [9.17, 15) is 19.2 Å². The summed E-state index contributed by atoms with van der Waals surface area (Å²) in [6.07, 6.45) is -4.26. The monoisotopic (exact) mass is 383 g/mol. The zero-order valence-corrected chi connectivity index (χ0v) is 15.1. The average Bonchev–Trinajstić information content (AvgIpc) is 2.42. The highest BCUT2D eigenvalue weighted by Crippen LogP contribution is 2.25. The fourth-order valence-electron chi connectivity index (χ4n) is 2.25. The largest absolute Gasteiger partial charge is 1.00 e. The second-order valence-corrected chi connectivity index (χ2v) is 5.27. The molecule has 0 spiro atoms. The van der Waals surface area contributed by atoms with Gasteiger partial charge in [-0.2, -0.15) is 0 Å². The van der Waals surface area contributed by atoms with E-state index in [1.807, 2.05) is 0 Å². The lowest BCUT2D eigenvalue weighted by Crippen LogP contribution is -3.00. The Labute approximate surface area is 150 Å². The molecule has 10 nitrogen and oxygen atoms in total. The summed E-state index contributed by atoms with van der Waals surface area (Å²) in [4.78, 5) is 45.0. The van der Waals surface area contributed by atoms with Crippen LogP contribution in [0, 0.1) is 0 Å². The summed E-state index contributed by atoms with van der Waals surface area (Å²) in [5.74, 6) is -2.50. The lowest BCUT2D eigenvalue weighted by molar-refractivity contribution is -0.496. The second-order valence-electron chi connectivity index (χ2n) is 5.27. The van der Waals surface area contributed by atoms with Gasteiger partial charge in [0.05, 0.1) is 0 Å². The fraction of sp³-hybridized carbons (Fsp3) is 0.714. The van der Waals surface area contributed by atoms with Crippen LogP contribution in [0.1, 0.15) is 27.7 Å². The normalized spacial score (nSPS) is 28.1. The van der Waals surface area contributed by atoms with E-state index >= 15 is 0 Å². The first-order valence-corrected chi connectivity index (χ1v) is 7.25. The van der Waals surface area contributed by atoms with Crippen LogP contribution in [0.2, 0.25) is 0 Å². The molecule has 144 valence electrons. The van der Waals surface area contributed by atoms with Gasteiger partial charge in [-0.3, -0.25) is 19.2 Å². The minimum Gasteiger partial charge on any atom is -1.00 e. The molecule has 3 N–H and O–H groups in total. The molecular weight excluding hydrogens is 362 g/mol. The molecule has 1 fully saturated rings. The summed E-state index contributed by atoms with van der Waals surface area (Å²) >= 11 is 0. The lowest BCUT2D eigenvalue weighted by Gasteiger charge is -2.41. The van der Waals surface area contributed by atoms with Crippen molar-refractivity contribution in [2.75, 3.05) is 6.61 Å². The Hall–Kier alpha value is -1.91. The summed E-state index contributed by atoms with van der Waals surface area (Å²) in [6, 6.07) is -0.851. The molecule has 11 heteroatoms. The number of halogens is 1. The van der Waals surface area contributed by atoms with Gasteiger partial charge in [-0.25, -0.2) is 0 Å². The lowest BCUT2D eigenvalue weighted by atomic mass is 9.97. The standard InChI is InChI=1S/C14H21NO9.ClH/c1-6(16)20-5-10-12(21-7(2)17)13(22-8(3)18)11(15)14(24-10)23-9(4)19;/h10-14H,5,15H2,1-4H3;1H/t10-,11-,12-,13-,14?;/m1./s1. The van der Waals surface area contributed by atoms with E-state index in [2.05, 4.69) is 5.73 Å². The van der Waals surface area contributed by atoms with Gasteiger partial charge in [0.1, 0.15) is 12.7 Å². The van der Waals surface area contributed by atoms with Crippen molar-refractivity contribution in [1.82, 2.24) is 0 Å². The molecular formula is C14H22ClNO9. The highest BCUT2D eigenvalue weighted by molar-refractivity contribution is 5.68. The molecule has 1 heterocycles. The van der Waals surface area contributed by atoms with Crippen LogP contribution in [0.4, 0.5) is 0 Å². The first kappa shape index (κ1) is 23.1. The molecule has 1 unspecified atom stereocenters. The fourth-order valence-corrected chi connectivity index (χ4v) is 2.25. The van der Waals surface area contributed by atoms with Crippen molar-refractivity contribution in [3.05, 3.63) is 0 Å². The van der Waals surface area contributed by atoms with Crippen molar-refractivity contribution in [3.8, 4) is 0 Å². The zero-order valence-electron chi connectivity index (χ0n) is 14.4. The smallest absolute Gasteiger partial charge is 0.305 e. The van der Waals surface area contributed by atoms with Crippen LogP contribution >= 0.6 is 0 Å². The van der Waals surface area contributed by atoms with Crippen LogP contribution in [0.15, 0.2) is 0 Å². The highest BCUT2D eigenvalue weighted by Gasteiger charge is 2.52. The number of esters is 4. The van der Waals surface area contributed by atoms with E-state index in [1.54, 1.807) is 0 Å². The van der Waals surface area contributed by atoms with Gasteiger partial charge in [0, 0.05) is 27.7 Å². The van der Waals surface area contributed by atoms with Crippen LogP contribution in [0.5, 0.6) is 0 Å². The molecule has 0 aromatic carbocycles. The predicted octanol–water partition coefficient (Wildman–Crippen LogP) is -4.68. The third kappa shape index (κ3) is 7.24. The van der Waals surface area contributed by atoms with E-state index in [0.717, 1.165) is 0 Å². The molecule has 1 aliphatic rings. The highest BCUT2D eigenvalue weighted by atomic mass is 35.5. The minimum atomic E-state index is -1.15. The Bertz CT molecular complexity index is 497. The van der Waals surface area contributed by atoms with Crippen molar-refractivity contribution in [3.63, 3.8) is 0 Å². The third-order valence-electron chi connectivity index (χ3n) is 3.11. The third-order valence-corrected chi connectivity index (χ3v) is 3.11. The molecule has 0 aromatic heterocycles. The number of quaternary nitrogens is 1. The van der Waals surface area contributed by atoms with E-state index in [1.165, 1.54) is 27.7 Å². The molecule has 1 rings (SSSR count).